The molecule has 0 N–H and O–H groups in total. The van der Waals surface area contributed by atoms with E-state index in [1.54, 1.807) is 0 Å². The molecule has 4 bridgehead atoms. The molecule has 2 heteroatoms. The molecule has 1 aromatic rings. The molecule has 19 heavy (non-hydrogen) atoms. The largest absolute Gasteiger partial charge is 0.871 e. The lowest BCUT2D eigenvalue weighted by Gasteiger charge is -2.58. The molecule has 4 aliphatic carbocycles. The van der Waals surface area contributed by atoms with Crippen molar-refractivity contribution in [2.24, 2.45) is 23.2 Å². The Balaban J connectivity index is 1.66. The molecule has 100 valence electrons. The number of rotatable bonds is 2. The maximum absolute atomic E-state index is 12.8. The molecule has 0 spiro atoms. The van der Waals surface area contributed by atoms with E-state index in [0.29, 0.717) is 5.76 Å². The van der Waals surface area contributed by atoms with Crippen LogP contribution in [0.5, 0.6) is 0 Å². The van der Waals surface area contributed by atoms with Gasteiger partial charge in [0.05, 0.1) is 0 Å². The van der Waals surface area contributed by atoms with Gasteiger partial charge in [-0.05, 0) is 61.7 Å². The van der Waals surface area contributed by atoms with Crippen molar-refractivity contribution in [2.45, 2.75) is 38.5 Å². The van der Waals surface area contributed by atoms with E-state index < -0.39 is 0 Å². The van der Waals surface area contributed by atoms with Gasteiger partial charge in [0, 0.05) is 12.1 Å². The van der Waals surface area contributed by atoms with Gasteiger partial charge in [-0.2, -0.15) is 4.57 Å². The summed E-state index contributed by atoms with van der Waals surface area (Å²) in [4.78, 5) is 0. The summed E-state index contributed by atoms with van der Waals surface area (Å²) in [5, 5.41) is 12.8. The Morgan fingerprint density at radius 1 is 0.947 bits per heavy atom. The second-order valence-electron chi connectivity index (χ2n) is 7.01. The molecule has 0 atom stereocenters. The topological polar surface area (TPSA) is 26.9 Å². The third-order valence-electron chi connectivity index (χ3n) is 5.57. The normalized spacial score (nSPS) is 40.6. The van der Waals surface area contributed by atoms with Crippen LogP contribution >= 0.6 is 0 Å². The number of pyridine rings is 1. The van der Waals surface area contributed by atoms with Gasteiger partial charge in [-0.25, -0.2) is 0 Å². The summed E-state index contributed by atoms with van der Waals surface area (Å²) >= 11 is 0. The number of allylic oxidation sites excluding steroid dienone is 1. The third kappa shape index (κ3) is 1.89. The monoisotopic (exact) mass is 255 g/mol. The van der Waals surface area contributed by atoms with E-state index in [2.05, 4.69) is 0 Å². The van der Waals surface area contributed by atoms with Gasteiger partial charge in [0.2, 0.25) is 0 Å². The summed E-state index contributed by atoms with van der Waals surface area (Å²) in [6.45, 7) is 0. The van der Waals surface area contributed by atoms with E-state index in [4.69, 9.17) is 0 Å². The Morgan fingerprint density at radius 3 is 2.00 bits per heavy atom. The fourth-order valence-corrected chi connectivity index (χ4v) is 5.18. The van der Waals surface area contributed by atoms with Crippen molar-refractivity contribution in [3.05, 3.63) is 36.4 Å². The molecule has 0 saturated heterocycles. The lowest BCUT2D eigenvalue weighted by Crippen LogP contribution is -2.49. The van der Waals surface area contributed by atoms with Gasteiger partial charge in [0.25, 0.3) is 0 Å². The Kier molecular flexibility index (Phi) is 2.48. The predicted molar refractivity (Wildman–Crippen MR) is 71.5 cm³/mol. The molecule has 5 rings (SSSR count). The van der Waals surface area contributed by atoms with E-state index in [9.17, 15) is 5.11 Å². The van der Waals surface area contributed by atoms with Crippen molar-refractivity contribution >= 4 is 6.20 Å². The van der Waals surface area contributed by atoms with E-state index >= 15 is 0 Å². The standard InChI is InChI=1S/C17H21NO/c19-16(12-18-4-2-1-3-5-18)17-9-13-6-14(10-17)8-15(7-13)11-17/h1-5,12-15H,6-11H2/b16-12-. The molecule has 0 unspecified atom stereocenters. The summed E-state index contributed by atoms with van der Waals surface area (Å²) < 4.78 is 1.92. The van der Waals surface area contributed by atoms with Crippen molar-refractivity contribution in [3.63, 3.8) is 0 Å². The molecule has 4 aliphatic rings. The van der Waals surface area contributed by atoms with Crippen LogP contribution in [0.1, 0.15) is 38.5 Å². The van der Waals surface area contributed by atoms with Crippen LogP contribution in [0, 0.1) is 23.2 Å². The van der Waals surface area contributed by atoms with E-state index in [0.717, 1.165) is 37.0 Å². The van der Waals surface area contributed by atoms with Gasteiger partial charge in [0.1, 0.15) is 0 Å². The average molecular weight is 255 g/mol. The van der Waals surface area contributed by atoms with Gasteiger partial charge in [-0.3, -0.25) is 0 Å². The number of aromatic nitrogens is 1. The summed E-state index contributed by atoms with van der Waals surface area (Å²) in [5.41, 5.74) is -0.00239. The summed E-state index contributed by atoms with van der Waals surface area (Å²) in [7, 11) is 0. The van der Waals surface area contributed by atoms with Crippen LogP contribution in [-0.4, -0.2) is 0 Å². The zero-order chi connectivity index (χ0) is 12.9. The van der Waals surface area contributed by atoms with Crippen LogP contribution in [0.2, 0.25) is 0 Å². The van der Waals surface area contributed by atoms with Crippen molar-refractivity contribution in [1.29, 1.82) is 0 Å². The number of nitrogens with zero attached hydrogens (tertiary/aromatic N) is 1. The van der Waals surface area contributed by atoms with Crippen molar-refractivity contribution in [3.8, 4) is 0 Å². The molecule has 2 nitrogen and oxygen atoms in total. The molecule has 1 heterocycles. The van der Waals surface area contributed by atoms with E-state index in [-0.39, 0.29) is 5.41 Å². The number of hydrogen-bond acceptors (Lipinski definition) is 1. The minimum atomic E-state index is -0.00239. The minimum absolute atomic E-state index is 0.00239. The first-order chi connectivity index (χ1) is 9.23. The van der Waals surface area contributed by atoms with Crippen LogP contribution in [0.25, 0.3) is 6.20 Å². The summed E-state index contributed by atoms with van der Waals surface area (Å²) in [6, 6.07) is 5.94. The maximum Gasteiger partial charge on any atom is 0.174 e. The minimum Gasteiger partial charge on any atom is -0.871 e. The first kappa shape index (κ1) is 11.5. The average Bonchev–Trinajstić information content (AvgIpc) is 2.38. The Hall–Kier alpha value is -1.31. The van der Waals surface area contributed by atoms with Crippen LogP contribution in [0.4, 0.5) is 0 Å². The zero-order valence-electron chi connectivity index (χ0n) is 11.3. The van der Waals surface area contributed by atoms with Crippen molar-refractivity contribution in [1.82, 2.24) is 0 Å². The molecule has 0 aliphatic heterocycles. The number of hydrogen-bond donors (Lipinski definition) is 0. The molecule has 1 aromatic heterocycles. The Bertz CT molecular complexity index is 470. The SMILES string of the molecule is [O-]/C(=C\[n+]1ccccc1)C12CC3CC(CC(C3)C1)C2. The highest BCUT2D eigenvalue weighted by molar-refractivity contribution is 5.23. The zero-order valence-corrected chi connectivity index (χ0v) is 11.3. The highest BCUT2D eigenvalue weighted by Crippen LogP contribution is 2.61. The second-order valence-corrected chi connectivity index (χ2v) is 7.01. The highest BCUT2D eigenvalue weighted by atomic mass is 16.3. The Labute approximate surface area is 114 Å². The predicted octanol–water partition coefficient (Wildman–Crippen LogP) is 2.35. The quantitative estimate of drug-likeness (QED) is 0.588. The molecule has 4 fully saturated rings. The highest BCUT2D eigenvalue weighted by Gasteiger charge is 2.50. The fraction of sp³-hybridized carbons (Fsp3) is 0.588. The first-order valence-corrected chi connectivity index (χ1v) is 7.59. The lowest BCUT2D eigenvalue weighted by molar-refractivity contribution is -0.574. The first-order valence-electron chi connectivity index (χ1n) is 7.59. The van der Waals surface area contributed by atoms with Crippen LogP contribution in [-0.2, 0) is 0 Å². The third-order valence-corrected chi connectivity index (χ3v) is 5.57. The summed E-state index contributed by atoms with van der Waals surface area (Å²) in [6.07, 6.45) is 13.4. The van der Waals surface area contributed by atoms with Gasteiger partial charge in [0.15, 0.2) is 18.6 Å². The van der Waals surface area contributed by atoms with Gasteiger partial charge in [-0.15, -0.1) is 0 Å². The van der Waals surface area contributed by atoms with E-state index in [1.165, 1.54) is 19.3 Å². The smallest absolute Gasteiger partial charge is 0.174 e. The maximum atomic E-state index is 12.8. The van der Waals surface area contributed by atoms with Crippen LogP contribution in [0.15, 0.2) is 36.4 Å². The molecule has 0 amide bonds. The van der Waals surface area contributed by atoms with Gasteiger partial charge in [-0.1, -0.05) is 11.8 Å². The molecule has 0 aromatic carbocycles. The fourth-order valence-electron chi connectivity index (χ4n) is 5.18. The second kappa shape index (κ2) is 4.09. The van der Waals surface area contributed by atoms with Crippen LogP contribution < -0.4 is 9.67 Å². The molecular weight excluding hydrogens is 234 g/mol. The van der Waals surface area contributed by atoms with Crippen molar-refractivity contribution < 1.29 is 9.67 Å². The molecular formula is C17H21NO. The summed E-state index contributed by atoms with van der Waals surface area (Å²) in [5.74, 6) is 2.89. The lowest BCUT2D eigenvalue weighted by atomic mass is 9.49. The molecule has 0 radical (unpaired) electrons. The van der Waals surface area contributed by atoms with Crippen molar-refractivity contribution in [2.75, 3.05) is 0 Å². The molecule has 4 saturated carbocycles. The van der Waals surface area contributed by atoms with E-state index in [1.807, 2.05) is 41.4 Å². The van der Waals surface area contributed by atoms with Gasteiger partial charge >= 0.3 is 0 Å². The van der Waals surface area contributed by atoms with Crippen LogP contribution in [0.3, 0.4) is 0 Å². The van der Waals surface area contributed by atoms with Gasteiger partial charge < -0.3 is 5.11 Å². The Morgan fingerprint density at radius 2 is 1.47 bits per heavy atom.